The fourth-order valence-electron chi connectivity index (χ4n) is 5.23. The normalized spacial score (nSPS) is 13.8. The zero-order valence-electron chi connectivity index (χ0n) is 22.1. The Morgan fingerprint density at radius 2 is 1.11 bits per heavy atom. The number of hydrogen-bond donors (Lipinski definition) is 0. The predicted octanol–water partition coefficient (Wildman–Crippen LogP) is 6.86. The molecule has 3 rings (SSSR count). The van der Waals surface area contributed by atoms with E-state index >= 15 is 4.57 Å². The van der Waals surface area contributed by atoms with E-state index in [1.807, 2.05) is 6.08 Å². The van der Waals surface area contributed by atoms with Crippen LogP contribution in [0.2, 0.25) is 0 Å². The second-order valence-corrected chi connectivity index (χ2v) is 25.6. The minimum absolute atomic E-state index is 0.424. The Morgan fingerprint density at radius 1 is 0.750 bits per heavy atom. The van der Waals surface area contributed by atoms with Gasteiger partial charge in [-0.1, -0.05) is 0 Å². The van der Waals surface area contributed by atoms with E-state index in [0.29, 0.717) is 19.6 Å². The summed E-state index contributed by atoms with van der Waals surface area (Å²) in [5.41, 5.74) is 0. The molecule has 0 aliphatic carbocycles. The third-order valence-electron chi connectivity index (χ3n) is 7.09. The van der Waals surface area contributed by atoms with Crippen molar-refractivity contribution in [2.75, 3.05) is 13.2 Å². The Balaban J connectivity index is 2.43. The van der Waals surface area contributed by atoms with Crippen molar-refractivity contribution in [2.24, 2.45) is 0 Å². The summed E-state index contributed by atoms with van der Waals surface area (Å²) in [6.45, 7) is 11.4. The number of unbranched alkanes of at least 4 members (excludes halogenated alkanes) is 2. The topological polar surface area (TPSA) is 35.5 Å². The van der Waals surface area contributed by atoms with Crippen molar-refractivity contribution in [1.29, 1.82) is 0 Å². The molecule has 3 nitrogen and oxygen atoms in total. The molecule has 5 heteroatoms. The van der Waals surface area contributed by atoms with Crippen molar-refractivity contribution in [3.05, 3.63) is 104 Å². The Kier molecular flexibility index (Phi) is 11.1. The second-order valence-electron chi connectivity index (χ2n) is 9.49. The van der Waals surface area contributed by atoms with E-state index in [4.69, 9.17) is 9.05 Å². The summed E-state index contributed by atoms with van der Waals surface area (Å²) in [7, 11) is -3.61. The minimum atomic E-state index is -4.17. The van der Waals surface area contributed by atoms with E-state index in [0.717, 1.165) is 25.7 Å². The maximum atomic E-state index is 15.3. The van der Waals surface area contributed by atoms with Gasteiger partial charge >= 0.3 is 223 Å². The molecule has 0 aliphatic heterocycles. The van der Waals surface area contributed by atoms with Crippen molar-refractivity contribution in [3.63, 3.8) is 0 Å². The molecule has 0 spiro atoms. The van der Waals surface area contributed by atoms with Crippen LogP contribution in [0.3, 0.4) is 0 Å². The van der Waals surface area contributed by atoms with Crippen molar-refractivity contribution in [2.45, 2.75) is 56.0 Å². The third-order valence-corrected chi connectivity index (χ3v) is 29.6. The van der Waals surface area contributed by atoms with Gasteiger partial charge in [0.05, 0.1) is 0 Å². The first-order chi connectivity index (χ1) is 17.5. The fourth-order valence-corrected chi connectivity index (χ4v) is 30.0. The number of rotatable bonds is 15. The Bertz CT molecular complexity index is 994. The summed E-state index contributed by atoms with van der Waals surface area (Å²) in [6, 6.07) is 32.1. The van der Waals surface area contributed by atoms with Gasteiger partial charge in [0.15, 0.2) is 0 Å². The van der Waals surface area contributed by atoms with Crippen LogP contribution in [-0.4, -0.2) is 34.8 Å². The van der Waals surface area contributed by atoms with Crippen LogP contribution in [0.15, 0.2) is 104 Å². The molecule has 36 heavy (non-hydrogen) atoms. The quantitative estimate of drug-likeness (QED) is 0.0816. The molecule has 0 aliphatic rings. The van der Waals surface area contributed by atoms with Crippen LogP contribution >= 0.6 is 7.60 Å². The molecule has 0 aromatic heterocycles. The number of hydrogen-bond acceptors (Lipinski definition) is 3. The van der Waals surface area contributed by atoms with Crippen LogP contribution in [0.25, 0.3) is 0 Å². The Hall–Kier alpha value is -1.65. The van der Waals surface area contributed by atoms with E-state index in [1.54, 1.807) is 0 Å². The van der Waals surface area contributed by atoms with Crippen LogP contribution in [0.4, 0.5) is 0 Å². The van der Waals surface area contributed by atoms with E-state index in [1.165, 1.54) is 10.7 Å². The second kappa shape index (κ2) is 13.8. The van der Waals surface area contributed by atoms with E-state index in [9.17, 15) is 0 Å². The van der Waals surface area contributed by atoms with Crippen LogP contribution in [0.5, 0.6) is 0 Å². The number of allylic oxidation sites excluding steroid dienone is 1. The monoisotopic (exact) mass is 612 g/mol. The average Bonchev–Trinajstić information content (AvgIpc) is 2.91. The number of benzene rings is 3. The van der Waals surface area contributed by atoms with Crippen molar-refractivity contribution < 1.29 is 13.6 Å². The van der Waals surface area contributed by atoms with Gasteiger partial charge in [-0.05, 0) is 0 Å². The molecule has 1 atom stereocenters. The van der Waals surface area contributed by atoms with Crippen LogP contribution in [0, 0.1) is 0 Å². The summed E-state index contributed by atoms with van der Waals surface area (Å²) in [5.74, 6) is 0. The zero-order valence-corrected chi connectivity index (χ0v) is 25.8. The summed E-state index contributed by atoms with van der Waals surface area (Å²) >= 11 is -4.17. The van der Waals surface area contributed by atoms with Crippen LogP contribution < -0.4 is 10.7 Å². The molecule has 0 N–H and O–H groups in total. The van der Waals surface area contributed by atoms with Crippen molar-refractivity contribution in [3.8, 4) is 0 Å². The summed E-state index contributed by atoms with van der Waals surface area (Å²) in [4.78, 5) is 0. The fraction of sp³-hybridized carbons (Fsp3) is 0.355. The maximum absolute atomic E-state index is 15.3. The molecule has 0 heterocycles. The van der Waals surface area contributed by atoms with Crippen LogP contribution in [-0.2, 0) is 13.6 Å². The van der Waals surface area contributed by atoms with Gasteiger partial charge in [-0.3, -0.25) is 0 Å². The van der Waals surface area contributed by atoms with Gasteiger partial charge in [-0.25, -0.2) is 0 Å². The molecular weight excluding hydrogens is 570 g/mol. The summed E-state index contributed by atoms with van der Waals surface area (Å²) in [6.07, 6.45) is 6.08. The third kappa shape index (κ3) is 5.75. The van der Waals surface area contributed by atoms with Crippen molar-refractivity contribution >= 4 is 36.7 Å². The average molecular weight is 611 g/mol. The summed E-state index contributed by atoms with van der Waals surface area (Å²) < 4.78 is 31.2. The van der Waals surface area contributed by atoms with Gasteiger partial charge in [0.25, 0.3) is 0 Å². The summed E-state index contributed by atoms with van der Waals surface area (Å²) in [5, 5.41) is 0. The van der Waals surface area contributed by atoms with Gasteiger partial charge in [0.1, 0.15) is 0 Å². The van der Waals surface area contributed by atoms with Crippen LogP contribution in [0.1, 0.15) is 52.9 Å². The van der Waals surface area contributed by atoms with Gasteiger partial charge in [-0.2, -0.15) is 0 Å². The first-order valence-electron chi connectivity index (χ1n) is 13.2. The SMILES string of the molecule is C=CC[C](C)(P(=O)(OCCCC)OCCCC)[Sn]([c]1ccccc1)([c]1ccccc1)[c]1ccccc1. The molecule has 192 valence electrons. The standard InChI is InChI=1S/C13H26O3P.3C6H5.Sn/c1-5-8-11-15-17(14,13(4)10-7-3)16-12-9-6-2;3*1-2-4-6-5-3-1;/h7H,3,5-6,8-12H2,1-2,4H3;3*1-5H;. The van der Waals surface area contributed by atoms with E-state index in [2.05, 4.69) is 118 Å². The zero-order chi connectivity index (χ0) is 25.9. The molecular formula is C31H41O3PSn. The Labute approximate surface area is 222 Å². The first-order valence-corrected chi connectivity index (χ1v) is 20.4. The molecule has 1 unspecified atom stereocenters. The van der Waals surface area contributed by atoms with Gasteiger partial charge in [-0.15, -0.1) is 0 Å². The first kappa shape index (κ1) is 28.9. The predicted molar refractivity (Wildman–Crippen MR) is 157 cm³/mol. The molecule has 0 amide bonds. The molecule has 3 aromatic rings. The van der Waals surface area contributed by atoms with Gasteiger partial charge < -0.3 is 0 Å². The molecule has 0 radical (unpaired) electrons. The Morgan fingerprint density at radius 3 is 1.42 bits per heavy atom. The molecule has 0 saturated carbocycles. The molecule has 3 aromatic carbocycles. The van der Waals surface area contributed by atoms with Crippen molar-refractivity contribution in [1.82, 2.24) is 0 Å². The van der Waals surface area contributed by atoms with Gasteiger partial charge in [0, 0.05) is 0 Å². The van der Waals surface area contributed by atoms with E-state index in [-0.39, 0.29) is 0 Å². The van der Waals surface area contributed by atoms with E-state index < -0.39 is 29.1 Å². The van der Waals surface area contributed by atoms with Gasteiger partial charge in [0.2, 0.25) is 0 Å². The molecule has 0 saturated heterocycles. The molecule has 0 bridgehead atoms. The molecule has 0 fully saturated rings.